The van der Waals surface area contributed by atoms with E-state index in [1.807, 2.05) is 121 Å². The lowest BCUT2D eigenvalue weighted by molar-refractivity contribution is -0.130. The molecule has 1 aliphatic rings. The first kappa shape index (κ1) is 24.7. The van der Waals surface area contributed by atoms with E-state index in [1.54, 1.807) is 4.90 Å². The molecule has 35 heavy (non-hydrogen) atoms. The average Bonchev–Trinajstić information content (AvgIpc) is 3.12. The van der Waals surface area contributed by atoms with Gasteiger partial charge in [0.25, 0.3) is 5.91 Å². The fourth-order valence-corrected chi connectivity index (χ4v) is 4.35. The van der Waals surface area contributed by atoms with Crippen molar-refractivity contribution in [2.45, 2.75) is 12.1 Å². The third-order valence-electron chi connectivity index (χ3n) is 5.91. The minimum absolute atomic E-state index is 0.194. The van der Waals surface area contributed by atoms with Crippen LogP contribution in [0.3, 0.4) is 0 Å². The largest absolute Gasteiger partial charge is 0.372 e. The lowest BCUT2D eigenvalue weighted by atomic mass is 9.82. The van der Waals surface area contributed by atoms with Crippen molar-refractivity contribution in [2.75, 3.05) is 10.2 Å². The second kappa shape index (κ2) is 11.4. The van der Waals surface area contributed by atoms with Gasteiger partial charge in [-0.3, -0.25) is 4.79 Å². The van der Waals surface area contributed by atoms with E-state index in [2.05, 4.69) is 0 Å². The zero-order valence-electron chi connectivity index (χ0n) is 19.0. The van der Waals surface area contributed by atoms with E-state index >= 15 is 0 Å². The van der Waals surface area contributed by atoms with Gasteiger partial charge >= 0.3 is 0 Å². The van der Waals surface area contributed by atoms with E-state index in [-0.39, 0.29) is 11.2 Å². The first-order valence-corrected chi connectivity index (χ1v) is 12.3. The zero-order valence-corrected chi connectivity index (χ0v) is 20.5. The fourth-order valence-electron chi connectivity index (χ4n) is 4.35. The topological polar surface area (TPSA) is 40.5 Å². The molecule has 0 bridgehead atoms. The lowest BCUT2D eigenvalue weighted by Crippen LogP contribution is -2.41. The lowest BCUT2D eigenvalue weighted by Gasteiger charge is -2.27. The van der Waals surface area contributed by atoms with Gasteiger partial charge in [0.05, 0.1) is 17.6 Å². The number of anilines is 1. The van der Waals surface area contributed by atoms with Crippen molar-refractivity contribution in [1.82, 2.24) is 0 Å². The van der Waals surface area contributed by atoms with E-state index < -0.39 is 5.60 Å². The minimum Gasteiger partial charge on any atom is -0.372 e. The summed E-state index contributed by atoms with van der Waals surface area (Å²) in [6.45, 7) is 0.395. The summed E-state index contributed by atoms with van der Waals surface area (Å²) in [4.78, 5) is 15.6. The van der Waals surface area contributed by atoms with Crippen LogP contribution >= 0.6 is 23.2 Å². The summed E-state index contributed by atoms with van der Waals surface area (Å²) in [5.41, 5.74) is 2.86. The van der Waals surface area contributed by atoms with Crippen molar-refractivity contribution < 1.29 is 9.90 Å². The third-order valence-corrected chi connectivity index (χ3v) is 5.91. The Morgan fingerprint density at radius 2 is 1.29 bits per heavy atom. The van der Waals surface area contributed by atoms with Crippen LogP contribution in [-0.2, 0) is 16.9 Å². The Hall–Kier alpha value is -3.37. The van der Waals surface area contributed by atoms with Gasteiger partial charge in [-0.15, -0.1) is 23.2 Å². The van der Waals surface area contributed by atoms with Gasteiger partial charge < -0.3 is 10.0 Å². The Balaban J connectivity index is 0.000000917. The van der Waals surface area contributed by atoms with Crippen LogP contribution in [0.5, 0.6) is 0 Å². The van der Waals surface area contributed by atoms with Crippen molar-refractivity contribution in [3.05, 3.63) is 138 Å². The van der Waals surface area contributed by atoms with Crippen molar-refractivity contribution in [1.29, 1.82) is 0 Å². The van der Waals surface area contributed by atoms with Crippen molar-refractivity contribution in [2.24, 2.45) is 0 Å². The standard InChI is InChI=1S/C29H23NO2.CH2Cl2/c31-28-29(32,26(24-16-8-3-9-17-24)20-22-12-4-1-5-13-22)25-18-10-11-19-27(25)30(28)21-23-14-6-2-7-15-23;2-1-3/h1-20,32H,21H2;1H2/b26-20+;/t29-;/m1./s1. The van der Waals surface area contributed by atoms with Gasteiger partial charge in [-0.1, -0.05) is 109 Å². The molecule has 0 saturated carbocycles. The molecule has 0 unspecified atom stereocenters. The highest BCUT2D eigenvalue weighted by Gasteiger charge is 2.52. The average molecular weight is 502 g/mol. The molecule has 0 aliphatic carbocycles. The molecule has 1 amide bonds. The second-order valence-corrected chi connectivity index (χ2v) is 8.85. The van der Waals surface area contributed by atoms with Crippen LogP contribution in [-0.4, -0.2) is 16.4 Å². The number of fused-ring (bicyclic) bond motifs is 1. The highest BCUT2D eigenvalue weighted by Crippen LogP contribution is 2.48. The fraction of sp³-hybridized carbons (Fsp3) is 0.100. The molecule has 0 spiro atoms. The number of benzene rings is 4. The Kier molecular flexibility index (Phi) is 8.04. The number of amides is 1. The molecule has 0 radical (unpaired) electrons. The predicted molar refractivity (Wildman–Crippen MR) is 145 cm³/mol. The number of halogens is 2. The quantitative estimate of drug-likeness (QED) is 0.234. The van der Waals surface area contributed by atoms with E-state index in [0.29, 0.717) is 17.7 Å². The maximum absolute atomic E-state index is 13.9. The zero-order chi connectivity index (χ0) is 24.7. The molecule has 5 heteroatoms. The number of carbonyl (C=O) groups excluding carboxylic acids is 1. The number of nitrogens with zero attached hydrogens (tertiary/aromatic N) is 1. The Labute approximate surface area is 215 Å². The van der Waals surface area contributed by atoms with Crippen LogP contribution < -0.4 is 4.90 Å². The maximum Gasteiger partial charge on any atom is 0.268 e. The molecule has 0 fully saturated rings. The highest BCUT2D eigenvalue weighted by atomic mass is 35.5. The van der Waals surface area contributed by atoms with Gasteiger partial charge in [-0.2, -0.15) is 0 Å². The summed E-state index contributed by atoms with van der Waals surface area (Å²) in [5.74, 6) is -0.339. The van der Waals surface area contributed by atoms with Crippen LogP contribution in [0.15, 0.2) is 115 Å². The summed E-state index contributed by atoms with van der Waals surface area (Å²) in [6.07, 6.45) is 1.91. The molecule has 1 N–H and O–H groups in total. The molecule has 1 heterocycles. The minimum atomic E-state index is -1.79. The number of alkyl halides is 2. The van der Waals surface area contributed by atoms with Crippen LogP contribution in [0.4, 0.5) is 5.69 Å². The second-order valence-electron chi connectivity index (χ2n) is 8.04. The SMILES string of the molecule is ClCCl.O=C1N(Cc2ccccc2)c2ccccc2[C@@]1(O)/C(=C/c1ccccc1)c1ccccc1. The molecular formula is C30H25Cl2NO2. The first-order chi connectivity index (χ1) is 17.1. The molecule has 4 aromatic rings. The molecule has 3 nitrogen and oxygen atoms in total. The summed E-state index contributed by atoms with van der Waals surface area (Å²) in [5, 5.41) is 12.4. The van der Waals surface area contributed by atoms with Crippen molar-refractivity contribution in [3.63, 3.8) is 0 Å². The molecule has 0 aromatic heterocycles. The van der Waals surface area contributed by atoms with Gasteiger partial charge in [0.2, 0.25) is 0 Å². The Morgan fingerprint density at radius 3 is 1.91 bits per heavy atom. The van der Waals surface area contributed by atoms with Gasteiger partial charge in [-0.05, 0) is 28.8 Å². The number of aliphatic hydroxyl groups is 1. The Morgan fingerprint density at radius 1 is 0.771 bits per heavy atom. The molecule has 5 rings (SSSR count). The van der Waals surface area contributed by atoms with Gasteiger partial charge in [-0.25, -0.2) is 0 Å². The summed E-state index contributed by atoms with van der Waals surface area (Å²) in [6, 6.07) is 36.8. The monoisotopic (exact) mass is 501 g/mol. The first-order valence-electron chi connectivity index (χ1n) is 11.2. The molecule has 4 aromatic carbocycles. The molecule has 0 saturated heterocycles. The number of carbonyl (C=O) groups is 1. The highest BCUT2D eigenvalue weighted by molar-refractivity contribution is 6.40. The van der Waals surface area contributed by atoms with E-state index in [4.69, 9.17) is 23.2 Å². The van der Waals surface area contributed by atoms with E-state index in [1.165, 1.54) is 0 Å². The summed E-state index contributed by atoms with van der Waals surface area (Å²) < 4.78 is 0. The third kappa shape index (κ3) is 5.18. The van der Waals surface area contributed by atoms with Crippen LogP contribution in [0.2, 0.25) is 0 Å². The smallest absolute Gasteiger partial charge is 0.268 e. The normalized spacial score (nSPS) is 16.9. The number of para-hydroxylation sites is 1. The molecule has 176 valence electrons. The molecular weight excluding hydrogens is 477 g/mol. The summed E-state index contributed by atoms with van der Waals surface area (Å²) >= 11 is 9.53. The van der Waals surface area contributed by atoms with Gasteiger partial charge in [0.15, 0.2) is 5.60 Å². The van der Waals surface area contributed by atoms with Crippen LogP contribution in [0, 0.1) is 0 Å². The van der Waals surface area contributed by atoms with Crippen molar-refractivity contribution in [3.8, 4) is 0 Å². The van der Waals surface area contributed by atoms with Crippen LogP contribution in [0.25, 0.3) is 11.6 Å². The number of rotatable bonds is 5. The molecule has 1 atom stereocenters. The van der Waals surface area contributed by atoms with Gasteiger partial charge in [0, 0.05) is 11.1 Å². The predicted octanol–water partition coefficient (Wildman–Crippen LogP) is 7.08. The Bertz CT molecular complexity index is 1290. The van der Waals surface area contributed by atoms with Crippen molar-refractivity contribution >= 4 is 46.4 Å². The molecule has 1 aliphatic heterocycles. The maximum atomic E-state index is 13.9. The number of hydrogen-bond acceptors (Lipinski definition) is 2. The van der Waals surface area contributed by atoms with Crippen LogP contribution in [0.1, 0.15) is 22.3 Å². The number of hydrogen-bond donors (Lipinski definition) is 1. The van der Waals surface area contributed by atoms with E-state index in [9.17, 15) is 9.90 Å². The van der Waals surface area contributed by atoms with Gasteiger partial charge in [0.1, 0.15) is 0 Å². The van der Waals surface area contributed by atoms with E-state index in [0.717, 1.165) is 22.4 Å². The summed E-state index contributed by atoms with van der Waals surface area (Å²) in [7, 11) is 0.